The van der Waals surface area contributed by atoms with Gasteiger partial charge in [-0.15, -0.1) is 0 Å². The number of carbonyl (C=O) groups is 3. The number of nitrogens with zero attached hydrogens (tertiary/aromatic N) is 1. The van der Waals surface area contributed by atoms with Gasteiger partial charge < -0.3 is 5.11 Å². The molecule has 0 spiro atoms. The second-order valence-electron chi connectivity index (χ2n) is 5.45. The predicted molar refractivity (Wildman–Crippen MR) is 56.8 cm³/mol. The molecule has 17 heavy (non-hydrogen) atoms. The monoisotopic (exact) mass is 237 g/mol. The summed E-state index contributed by atoms with van der Waals surface area (Å²) in [5.74, 6) is -1.42. The Morgan fingerprint density at radius 1 is 1.24 bits per heavy atom. The average Bonchev–Trinajstić information content (AvgIpc) is 2.92. The molecule has 0 aromatic rings. The first-order valence-corrected chi connectivity index (χ1v) is 6.12. The van der Waals surface area contributed by atoms with E-state index in [2.05, 4.69) is 0 Å². The fourth-order valence-electron chi connectivity index (χ4n) is 3.92. The van der Waals surface area contributed by atoms with Crippen molar-refractivity contribution in [2.24, 2.45) is 23.7 Å². The smallest absolute Gasteiger partial charge is 0.326 e. The van der Waals surface area contributed by atoms with Gasteiger partial charge in [-0.3, -0.25) is 14.5 Å². The molecule has 2 saturated carbocycles. The molecule has 2 aliphatic carbocycles. The van der Waals surface area contributed by atoms with Crippen molar-refractivity contribution in [2.75, 3.05) is 0 Å². The normalized spacial score (nSPS) is 40.9. The van der Waals surface area contributed by atoms with Gasteiger partial charge in [0.2, 0.25) is 11.8 Å². The topological polar surface area (TPSA) is 74.7 Å². The number of hydrogen-bond acceptors (Lipinski definition) is 3. The molecule has 5 nitrogen and oxygen atoms in total. The first-order valence-electron chi connectivity index (χ1n) is 6.12. The van der Waals surface area contributed by atoms with E-state index in [-0.39, 0.29) is 23.7 Å². The molecule has 0 radical (unpaired) electrons. The molecule has 3 aliphatic rings. The van der Waals surface area contributed by atoms with Crippen molar-refractivity contribution >= 4 is 17.8 Å². The van der Waals surface area contributed by atoms with Gasteiger partial charge in [0.25, 0.3) is 0 Å². The number of carboxylic acids is 1. The van der Waals surface area contributed by atoms with Crippen molar-refractivity contribution in [2.45, 2.75) is 32.2 Å². The number of fused-ring (bicyclic) bond motifs is 5. The molecule has 2 bridgehead atoms. The molecule has 2 amide bonds. The van der Waals surface area contributed by atoms with Crippen LogP contribution in [-0.2, 0) is 14.4 Å². The zero-order valence-electron chi connectivity index (χ0n) is 9.63. The summed E-state index contributed by atoms with van der Waals surface area (Å²) < 4.78 is 0. The second kappa shape index (κ2) is 3.31. The van der Waals surface area contributed by atoms with E-state index in [0.29, 0.717) is 11.8 Å². The highest BCUT2D eigenvalue weighted by molar-refractivity contribution is 6.08. The second-order valence-corrected chi connectivity index (χ2v) is 5.45. The lowest BCUT2D eigenvalue weighted by Gasteiger charge is -2.20. The third-order valence-corrected chi connectivity index (χ3v) is 4.71. The van der Waals surface area contributed by atoms with Crippen LogP contribution < -0.4 is 0 Å². The Hall–Kier alpha value is -1.39. The van der Waals surface area contributed by atoms with E-state index < -0.39 is 12.0 Å². The Morgan fingerprint density at radius 2 is 1.71 bits per heavy atom. The molecule has 1 N–H and O–H groups in total. The summed E-state index contributed by atoms with van der Waals surface area (Å²) in [5, 5.41) is 8.94. The standard InChI is InChI=1S/C12H15NO4/c1-5(12(16)17)13-10(14)8-6-2-3-7(4-6)9(8)11(13)15/h5-9H,2-4H2,1H3,(H,16,17)/t5-,6-,7+,8-,9+/m1/s1. The van der Waals surface area contributed by atoms with Crippen molar-refractivity contribution in [1.82, 2.24) is 4.90 Å². The fraction of sp³-hybridized carbons (Fsp3) is 0.750. The highest BCUT2D eigenvalue weighted by Gasteiger charge is 2.62. The van der Waals surface area contributed by atoms with Crippen molar-refractivity contribution in [1.29, 1.82) is 0 Å². The Labute approximate surface area is 98.8 Å². The molecule has 5 heteroatoms. The van der Waals surface area contributed by atoms with Crippen LogP contribution in [0.25, 0.3) is 0 Å². The summed E-state index contributed by atoms with van der Waals surface area (Å²) >= 11 is 0. The Kier molecular flexibility index (Phi) is 2.09. The summed E-state index contributed by atoms with van der Waals surface area (Å²) in [7, 11) is 0. The highest BCUT2D eigenvalue weighted by Crippen LogP contribution is 2.56. The molecule has 92 valence electrons. The van der Waals surface area contributed by atoms with E-state index in [0.717, 1.165) is 24.2 Å². The molecular formula is C12H15NO4. The number of amides is 2. The predicted octanol–water partition coefficient (Wildman–Crippen LogP) is 0.491. The van der Waals surface area contributed by atoms with Crippen molar-refractivity contribution < 1.29 is 19.5 Å². The lowest BCUT2D eigenvalue weighted by atomic mass is 9.81. The van der Waals surface area contributed by atoms with Gasteiger partial charge in [-0.2, -0.15) is 0 Å². The van der Waals surface area contributed by atoms with Crippen LogP contribution in [0, 0.1) is 23.7 Å². The van der Waals surface area contributed by atoms with E-state index >= 15 is 0 Å². The lowest BCUT2D eigenvalue weighted by Crippen LogP contribution is -2.44. The molecule has 5 atom stereocenters. The van der Waals surface area contributed by atoms with Crippen LogP contribution in [0.2, 0.25) is 0 Å². The molecule has 3 fully saturated rings. The van der Waals surface area contributed by atoms with E-state index in [1.165, 1.54) is 6.92 Å². The first-order chi connectivity index (χ1) is 8.02. The van der Waals surface area contributed by atoms with Gasteiger partial charge in [0.1, 0.15) is 6.04 Å². The molecule has 0 unspecified atom stereocenters. The van der Waals surface area contributed by atoms with E-state index in [4.69, 9.17) is 5.11 Å². The van der Waals surface area contributed by atoms with Gasteiger partial charge in [-0.25, -0.2) is 4.79 Å². The van der Waals surface area contributed by atoms with Crippen LogP contribution in [0.15, 0.2) is 0 Å². The first kappa shape index (κ1) is 10.7. The van der Waals surface area contributed by atoms with Crippen molar-refractivity contribution in [3.8, 4) is 0 Å². The van der Waals surface area contributed by atoms with Crippen molar-refractivity contribution in [3.63, 3.8) is 0 Å². The largest absolute Gasteiger partial charge is 0.480 e. The average molecular weight is 237 g/mol. The number of carbonyl (C=O) groups excluding carboxylic acids is 2. The number of rotatable bonds is 2. The van der Waals surface area contributed by atoms with Gasteiger partial charge in [0.15, 0.2) is 0 Å². The summed E-state index contributed by atoms with van der Waals surface area (Å²) in [6, 6.07) is -1.03. The Balaban J connectivity index is 1.93. The molecule has 1 aliphatic heterocycles. The van der Waals surface area contributed by atoms with Crippen LogP contribution in [0.1, 0.15) is 26.2 Å². The van der Waals surface area contributed by atoms with E-state index in [1.807, 2.05) is 0 Å². The number of likely N-dealkylation sites (tertiary alicyclic amines) is 1. The minimum absolute atomic E-state index is 0.219. The Morgan fingerprint density at radius 3 is 2.12 bits per heavy atom. The number of imide groups is 1. The number of carboxylic acid groups (broad SMARTS) is 1. The molecule has 0 aromatic heterocycles. The van der Waals surface area contributed by atoms with Crippen LogP contribution >= 0.6 is 0 Å². The maximum absolute atomic E-state index is 12.2. The quantitative estimate of drug-likeness (QED) is 0.709. The zero-order valence-corrected chi connectivity index (χ0v) is 9.63. The summed E-state index contributed by atoms with van der Waals surface area (Å²) in [6.07, 6.45) is 3.00. The third kappa shape index (κ3) is 1.22. The fourth-order valence-corrected chi connectivity index (χ4v) is 3.92. The van der Waals surface area contributed by atoms with Gasteiger partial charge >= 0.3 is 5.97 Å². The summed E-state index contributed by atoms with van der Waals surface area (Å²) in [6.45, 7) is 1.40. The number of aliphatic carboxylic acids is 1. The van der Waals surface area contributed by atoms with Gasteiger partial charge in [-0.1, -0.05) is 0 Å². The van der Waals surface area contributed by atoms with Crippen LogP contribution in [-0.4, -0.2) is 33.8 Å². The molecule has 1 heterocycles. The van der Waals surface area contributed by atoms with Crippen molar-refractivity contribution in [3.05, 3.63) is 0 Å². The minimum Gasteiger partial charge on any atom is -0.480 e. The molecule has 0 aromatic carbocycles. The van der Waals surface area contributed by atoms with E-state index in [1.54, 1.807) is 0 Å². The van der Waals surface area contributed by atoms with Gasteiger partial charge in [0.05, 0.1) is 11.8 Å². The summed E-state index contributed by atoms with van der Waals surface area (Å²) in [5.41, 5.74) is 0. The minimum atomic E-state index is -1.11. The third-order valence-electron chi connectivity index (χ3n) is 4.71. The number of hydrogen-bond donors (Lipinski definition) is 1. The molecule has 3 rings (SSSR count). The van der Waals surface area contributed by atoms with Crippen LogP contribution in [0.3, 0.4) is 0 Å². The van der Waals surface area contributed by atoms with Gasteiger partial charge in [-0.05, 0) is 38.0 Å². The maximum Gasteiger partial charge on any atom is 0.326 e. The Bertz CT molecular complexity index is 391. The highest BCUT2D eigenvalue weighted by atomic mass is 16.4. The SMILES string of the molecule is C[C@H](C(=O)O)N1C(=O)[C@@H]2[C@@H]3CC[C@@H](C3)[C@@H]2C1=O. The summed E-state index contributed by atoms with van der Waals surface area (Å²) in [4.78, 5) is 36.3. The van der Waals surface area contributed by atoms with Gasteiger partial charge in [0, 0.05) is 0 Å². The van der Waals surface area contributed by atoms with E-state index in [9.17, 15) is 14.4 Å². The maximum atomic E-state index is 12.2. The zero-order chi connectivity index (χ0) is 12.3. The van der Waals surface area contributed by atoms with Crippen LogP contribution in [0.5, 0.6) is 0 Å². The van der Waals surface area contributed by atoms with Crippen LogP contribution in [0.4, 0.5) is 0 Å². The lowest BCUT2D eigenvalue weighted by molar-refractivity contribution is -0.154. The molecule has 1 saturated heterocycles. The molecular weight excluding hydrogens is 222 g/mol.